The summed E-state index contributed by atoms with van der Waals surface area (Å²) in [4.78, 5) is 4.56. The highest BCUT2D eigenvalue weighted by molar-refractivity contribution is 5.37. The van der Waals surface area contributed by atoms with Crippen molar-refractivity contribution in [1.82, 2.24) is 19.7 Å². The maximum absolute atomic E-state index is 6.19. The van der Waals surface area contributed by atoms with E-state index < -0.39 is 0 Å². The van der Waals surface area contributed by atoms with E-state index in [0.29, 0.717) is 5.95 Å². The van der Waals surface area contributed by atoms with Gasteiger partial charge in [-0.1, -0.05) is 0 Å². The van der Waals surface area contributed by atoms with Gasteiger partial charge in [-0.15, -0.1) is 5.10 Å². The molecule has 0 radical (unpaired) electrons. The molecule has 5 heteroatoms. The highest BCUT2D eigenvalue weighted by atomic mass is 15.3. The topological polar surface area (TPSA) is 69.6 Å². The summed E-state index contributed by atoms with van der Waals surface area (Å²) in [5.74, 6) is 0.663. The van der Waals surface area contributed by atoms with Gasteiger partial charge in [0.1, 0.15) is 0 Å². The first-order valence-corrected chi connectivity index (χ1v) is 6.73. The first-order valence-electron chi connectivity index (χ1n) is 6.73. The molecule has 2 aromatic rings. The van der Waals surface area contributed by atoms with Gasteiger partial charge in [-0.25, -0.2) is 4.98 Å². The van der Waals surface area contributed by atoms with Crippen LogP contribution >= 0.6 is 0 Å². The van der Waals surface area contributed by atoms with Gasteiger partial charge in [0.15, 0.2) is 0 Å². The molecule has 2 aromatic heterocycles. The number of fused-ring (bicyclic) bond motifs is 1. The first-order chi connectivity index (χ1) is 9.08. The van der Waals surface area contributed by atoms with E-state index in [1.807, 2.05) is 13.8 Å². The average molecular weight is 257 g/mol. The van der Waals surface area contributed by atoms with Gasteiger partial charge in [-0.05, 0) is 51.7 Å². The summed E-state index contributed by atoms with van der Waals surface area (Å²) in [6.07, 6.45) is 3.21. The van der Waals surface area contributed by atoms with Gasteiger partial charge in [0, 0.05) is 17.4 Å². The van der Waals surface area contributed by atoms with Crippen molar-refractivity contribution in [2.75, 3.05) is 0 Å². The van der Waals surface area contributed by atoms with Crippen LogP contribution in [0.5, 0.6) is 0 Å². The molecular formula is C14H19N5. The van der Waals surface area contributed by atoms with E-state index in [1.165, 1.54) is 11.3 Å². The summed E-state index contributed by atoms with van der Waals surface area (Å²) >= 11 is 0. The molecule has 100 valence electrons. The number of nitrogens with zero attached hydrogens (tertiary/aromatic N) is 4. The van der Waals surface area contributed by atoms with Crippen LogP contribution in [0.25, 0.3) is 5.95 Å². The lowest BCUT2D eigenvalue weighted by Gasteiger charge is -2.20. The molecule has 0 aromatic carbocycles. The summed E-state index contributed by atoms with van der Waals surface area (Å²) in [5.41, 5.74) is 11.6. The van der Waals surface area contributed by atoms with Crippen molar-refractivity contribution in [3.05, 3.63) is 34.4 Å². The molecular weight excluding hydrogens is 238 g/mol. The van der Waals surface area contributed by atoms with E-state index in [1.54, 1.807) is 0 Å². The highest BCUT2D eigenvalue weighted by Crippen LogP contribution is 2.31. The Balaban J connectivity index is 2.17. The lowest BCUT2D eigenvalue weighted by atomic mass is 9.93. The van der Waals surface area contributed by atoms with E-state index in [-0.39, 0.29) is 6.04 Å². The second kappa shape index (κ2) is 4.42. The molecule has 2 heterocycles. The van der Waals surface area contributed by atoms with E-state index >= 15 is 0 Å². The van der Waals surface area contributed by atoms with Crippen LogP contribution < -0.4 is 5.73 Å². The minimum atomic E-state index is 0.142. The third-order valence-corrected chi connectivity index (χ3v) is 3.93. The molecule has 1 unspecified atom stereocenters. The first kappa shape index (κ1) is 12.3. The number of nitrogens with two attached hydrogens (primary N) is 1. The minimum absolute atomic E-state index is 0.142. The van der Waals surface area contributed by atoms with Crippen molar-refractivity contribution in [3.63, 3.8) is 0 Å². The number of aryl methyl sites for hydroxylation is 3. The molecule has 5 nitrogen and oxygen atoms in total. The zero-order chi connectivity index (χ0) is 13.6. The van der Waals surface area contributed by atoms with E-state index in [9.17, 15) is 0 Å². The van der Waals surface area contributed by atoms with E-state index in [4.69, 9.17) is 5.73 Å². The average Bonchev–Trinajstić information content (AvgIpc) is 2.71. The molecule has 0 amide bonds. The molecule has 0 saturated heterocycles. The van der Waals surface area contributed by atoms with Crippen molar-refractivity contribution in [1.29, 1.82) is 0 Å². The van der Waals surface area contributed by atoms with Crippen molar-refractivity contribution in [2.45, 2.75) is 46.1 Å². The van der Waals surface area contributed by atoms with Crippen molar-refractivity contribution in [2.24, 2.45) is 5.73 Å². The molecule has 0 saturated carbocycles. The number of hydrogen-bond acceptors (Lipinski definition) is 4. The predicted molar refractivity (Wildman–Crippen MR) is 73.2 cm³/mol. The van der Waals surface area contributed by atoms with Gasteiger partial charge in [-0.3, -0.25) is 4.57 Å². The van der Waals surface area contributed by atoms with Gasteiger partial charge in [0.2, 0.25) is 0 Å². The third-order valence-electron chi connectivity index (χ3n) is 3.93. The Hall–Kier alpha value is -1.75. The van der Waals surface area contributed by atoms with Crippen LogP contribution in [0.1, 0.15) is 47.2 Å². The molecule has 0 spiro atoms. The van der Waals surface area contributed by atoms with Gasteiger partial charge in [0.05, 0.1) is 11.4 Å². The van der Waals surface area contributed by atoms with Crippen LogP contribution in [-0.2, 0) is 6.42 Å². The zero-order valence-electron chi connectivity index (χ0n) is 11.6. The second-order valence-electron chi connectivity index (χ2n) is 5.30. The van der Waals surface area contributed by atoms with Crippen LogP contribution in [0.4, 0.5) is 0 Å². The monoisotopic (exact) mass is 257 g/mol. The quantitative estimate of drug-likeness (QED) is 0.847. The SMILES string of the molecule is Cc1nnc(-n2c(C)cc3c2CCCC3N)nc1C. The maximum Gasteiger partial charge on any atom is 0.254 e. The smallest absolute Gasteiger partial charge is 0.254 e. The lowest BCUT2D eigenvalue weighted by Crippen LogP contribution is -2.19. The van der Waals surface area contributed by atoms with Crippen molar-refractivity contribution < 1.29 is 0 Å². The van der Waals surface area contributed by atoms with Crippen molar-refractivity contribution in [3.8, 4) is 5.95 Å². The zero-order valence-corrected chi connectivity index (χ0v) is 11.6. The van der Waals surface area contributed by atoms with Crippen LogP contribution in [0.15, 0.2) is 6.07 Å². The normalized spacial score (nSPS) is 18.4. The predicted octanol–water partition coefficient (Wildman–Crippen LogP) is 1.92. The number of aromatic nitrogens is 4. The molecule has 3 rings (SSSR count). The van der Waals surface area contributed by atoms with E-state index in [0.717, 1.165) is 36.3 Å². The number of rotatable bonds is 1. The molecule has 0 fully saturated rings. The maximum atomic E-state index is 6.19. The highest BCUT2D eigenvalue weighted by Gasteiger charge is 2.23. The Labute approximate surface area is 112 Å². The molecule has 1 aliphatic carbocycles. The fraction of sp³-hybridized carbons (Fsp3) is 0.500. The standard InChI is InChI=1S/C14H19N5/c1-8-7-11-12(15)5-4-6-13(11)19(8)14-16-9(2)10(3)17-18-14/h7,12H,4-6,15H2,1-3H3. The molecule has 19 heavy (non-hydrogen) atoms. The summed E-state index contributed by atoms with van der Waals surface area (Å²) < 4.78 is 2.10. The molecule has 0 bridgehead atoms. The Morgan fingerprint density at radius 2 is 2.00 bits per heavy atom. The molecule has 1 aliphatic rings. The van der Waals surface area contributed by atoms with Crippen LogP contribution in [0, 0.1) is 20.8 Å². The van der Waals surface area contributed by atoms with Crippen molar-refractivity contribution >= 4 is 0 Å². The Bertz CT molecular complexity index is 629. The summed E-state index contributed by atoms with van der Waals surface area (Å²) in [6.45, 7) is 5.96. The molecule has 2 N–H and O–H groups in total. The van der Waals surface area contributed by atoms with E-state index in [2.05, 4.69) is 32.7 Å². The third kappa shape index (κ3) is 1.94. The van der Waals surface area contributed by atoms with Gasteiger partial charge >= 0.3 is 0 Å². The van der Waals surface area contributed by atoms with Crippen LogP contribution in [0.3, 0.4) is 0 Å². The Morgan fingerprint density at radius 3 is 2.74 bits per heavy atom. The van der Waals surface area contributed by atoms with Crippen LogP contribution in [0.2, 0.25) is 0 Å². The minimum Gasteiger partial charge on any atom is -0.324 e. The Morgan fingerprint density at radius 1 is 1.21 bits per heavy atom. The number of hydrogen-bond donors (Lipinski definition) is 1. The van der Waals surface area contributed by atoms with Gasteiger partial charge < -0.3 is 5.73 Å². The summed E-state index contributed by atoms with van der Waals surface area (Å²) in [5, 5.41) is 8.42. The van der Waals surface area contributed by atoms with Crippen LogP contribution in [-0.4, -0.2) is 19.7 Å². The van der Waals surface area contributed by atoms with Gasteiger partial charge in [0.25, 0.3) is 5.95 Å². The molecule has 0 aliphatic heterocycles. The Kier molecular flexibility index (Phi) is 2.86. The van der Waals surface area contributed by atoms with Gasteiger partial charge in [-0.2, -0.15) is 5.10 Å². The fourth-order valence-electron chi connectivity index (χ4n) is 2.76. The summed E-state index contributed by atoms with van der Waals surface area (Å²) in [6, 6.07) is 2.31. The lowest BCUT2D eigenvalue weighted by molar-refractivity contribution is 0.557. The molecule has 1 atom stereocenters. The fourth-order valence-corrected chi connectivity index (χ4v) is 2.76. The summed E-state index contributed by atoms with van der Waals surface area (Å²) in [7, 11) is 0. The largest absolute Gasteiger partial charge is 0.324 e. The second-order valence-corrected chi connectivity index (χ2v) is 5.30.